The summed E-state index contributed by atoms with van der Waals surface area (Å²) in [4.78, 5) is 3.16. The van der Waals surface area contributed by atoms with Gasteiger partial charge in [0, 0.05) is 18.1 Å². The molecule has 3 heteroatoms. The zero-order valence-electron chi connectivity index (χ0n) is 8.39. The van der Waals surface area contributed by atoms with E-state index < -0.39 is 0 Å². The zero-order valence-corrected chi connectivity index (χ0v) is 9.14. The molecule has 0 saturated carbocycles. The van der Waals surface area contributed by atoms with E-state index >= 15 is 0 Å². The second-order valence-corrected chi connectivity index (χ2v) is 4.54. The molecule has 1 fully saturated rings. The number of halogens is 1. The molecule has 3 rings (SSSR count). The lowest BCUT2D eigenvalue weighted by Crippen LogP contribution is -2.07. The molecule has 2 nitrogen and oxygen atoms in total. The predicted molar refractivity (Wildman–Crippen MR) is 63.5 cm³/mol. The van der Waals surface area contributed by atoms with Gasteiger partial charge < -0.3 is 10.3 Å². The normalized spacial score (nSPS) is 21.3. The Morgan fingerprint density at radius 1 is 1.33 bits per heavy atom. The summed E-state index contributed by atoms with van der Waals surface area (Å²) >= 11 is 6.23. The van der Waals surface area contributed by atoms with Gasteiger partial charge in [-0.3, -0.25) is 0 Å². The molecular weight excluding hydrogens is 208 g/mol. The van der Waals surface area contributed by atoms with E-state index in [4.69, 9.17) is 11.6 Å². The fourth-order valence-corrected chi connectivity index (χ4v) is 2.61. The van der Waals surface area contributed by atoms with Crippen molar-refractivity contribution < 1.29 is 0 Å². The zero-order chi connectivity index (χ0) is 10.3. The van der Waals surface area contributed by atoms with Gasteiger partial charge in [0.1, 0.15) is 0 Å². The van der Waals surface area contributed by atoms with Crippen molar-refractivity contribution in [1.82, 2.24) is 10.3 Å². The average Bonchev–Trinajstić information content (AvgIpc) is 2.88. The minimum absolute atomic E-state index is 0.627. The molecule has 78 valence electrons. The third-order valence-electron chi connectivity index (χ3n) is 3.17. The summed E-state index contributed by atoms with van der Waals surface area (Å²) in [7, 11) is 0. The molecule has 0 spiro atoms. The molecule has 2 N–H and O–H groups in total. The molecule has 2 aromatic rings. The third-order valence-corrected chi connectivity index (χ3v) is 3.46. The molecule has 1 aromatic heterocycles. The van der Waals surface area contributed by atoms with E-state index in [9.17, 15) is 0 Å². The fourth-order valence-electron chi connectivity index (χ4n) is 2.32. The van der Waals surface area contributed by atoms with Crippen LogP contribution in [0.25, 0.3) is 10.9 Å². The number of hydrogen-bond acceptors (Lipinski definition) is 1. The van der Waals surface area contributed by atoms with Crippen LogP contribution in [0.15, 0.2) is 24.4 Å². The quantitative estimate of drug-likeness (QED) is 0.760. The van der Waals surface area contributed by atoms with E-state index in [1.165, 1.54) is 17.4 Å². The molecule has 1 saturated heterocycles. The number of fused-ring (bicyclic) bond motifs is 1. The van der Waals surface area contributed by atoms with Crippen molar-refractivity contribution in [3.63, 3.8) is 0 Å². The highest BCUT2D eigenvalue weighted by molar-refractivity contribution is 6.35. The monoisotopic (exact) mass is 220 g/mol. The molecular formula is C12H13ClN2. The number of aromatic nitrogens is 1. The van der Waals surface area contributed by atoms with Gasteiger partial charge in [-0.15, -0.1) is 0 Å². The van der Waals surface area contributed by atoms with Crippen molar-refractivity contribution in [2.75, 3.05) is 13.1 Å². The Morgan fingerprint density at radius 2 is 2.27 bits per heavy atom. The van der Waals surface area contributed by atoms with Crippen molar-refractivity contribution in [2.24, 2.45) is 0 Å². The lowest BCUT2D eigenvalue weighted by Gasteiger charge is -2.09. The summed E-state index contributed by atoms with van der Waals surface area (Å²) in [5.41, 5.74) is 2.41. The maximum Gasteiger partial charge on any atom is 0.0649 e. The van der Waals surface area contributed by atoms with Gasteiger partial charge in [0.05, 0.1) is 10.5 Å². The molecule has 1 aliphatic rings. The lowest BCUT2D eigenvalue weighted by molar-refractivity contribution is 0.765. The summed E-state index contributed by atoms with van der Waals surface area (Å²) in [6, 6.07) is 6.42. The number of benzene rings is 1. The van der Waals surface area contributed by atoms with Crippen LogP contribution in [0.1, 0.15) is 17.9 Å². The van der Waals surface area contributed by atoms with Crippen LogP contribution in [0, 0.1) is 0 Å². The number of rotatable bonds is 1. The highest BCUT2D eigenvalue weighted by Gasteiger charge is 2.17. The van der Waals surface area contributed by atoms with Crippen molar-refractivity contribution >= 4 is 22.5 Å². The van der Waals surface area contributed by atoms with Crippen LogP contribution >= 0.6 is 11.6 Å². The molecule has 1 unspecified atom stereocenters. The van der Waals surface area contributed by atoms with Gasteiger partial charge in [-0.25, -0.2) is 0 Å². The number of H-pyrrole nitrogens is 1. The van der Waals surface area contributed by atoms with Gasteiger partial charge in [-0.1, -0.05) is 11.6 Å². The second-order valence-electron chi connectivity index (χ2n) is 4.13. The smallest absolute Gasteiger partial charge is 0.0649 e. The van der Waals surface area contributed by atoms with Gasteiger partial charge in [-0.2, -0.15) is 0 Å². The largest absolute Gasteiger partial charge is 0.360 e. The summed E-state index contributed by atoms with van der Waals surface area (Å²) in [6.45, 7) is 2.19. The SMILES string of the molecule is Clc1cc(C2CCNC2)cc2cc[nH]c12. The maximum atomic E-state index is 6.23. The van der Waals surface area contributed by atoms with Gasteiger partial charge in [0.2, 0.25) is 0 Å². The van der Waals surface area contributed by atoms with Gasteiger partial charge in [0.25, 0.3) is 0 Å². The first-order valence-electron chi connectivity index (χ1n) is 5.32. The van der Waals surface area contributed by atoms with Gasteiger partial charge in [0.15, 0.2) is 0 Å². The van der Waals surface area contributed by atoms with Crippen LogP contribution in [-0.4, -0.2) is 18.1 Å². The number of aromatic amines is 1. The number of nitrogens with one attached hydrogen (secondary N) is 2. The molecule has 0 aliphatic carbocycles. The Labute approximate surface area is 93.6 Å². The van der Waals surface area contributed by atoms with Crippen molar-refractivity contribution in [2.45, 2.75) is 12.3 Å². The molecule has 0 amide bonds. The van der Waals surface area contributed by atoms with Crippen molar-refractivity contribution in [3.8, 4) is 0 Å². The Bertz CT molecular complexity index is 483. The number of hydrogen-bond donors (Lipinski definition) is 2. The highest BCUT2D eigenvalue weighted by atomic mass is 35.5. The minimum atomic E-state index is 0.627. The van der Waals surface area contributed by atoms with Crippen LogP contribution < -0.4 is 5.32 Å². The standard InChI is InChI=1S/C12H13ClN2/c13-11-6-10(9-1-3-14-7-9)5-8-2-4-15-12(8)11/h2,4-6,9,14-15H,1,3,7H2. The highest BCUT2D eigenvalue weighted by Crippen LogP contribution is 2.30. The van der Waals surface area contributed by atoms with Crippen LogP contribution in [0.5, 0.6) is 0 Å². The molecule has 0 radical (unpaired) electrons. The van der Waals surface area contributed by atoms with Crippen LogP contribution in [0.2, 0.25) is 5.02 Å². The summed E-state index contributed by atoms with van der Waals surface area (Å²) in [5, 5.41) is 5.43. The molecule has 15 heavy (non-hydrogen) atoms. The topological polar surface area (TPSA) is 27.8 Å². The fraction of sp³-hybridized carbons (Fsp3) is 0.333. The molecule has 2 heterocycles. The predicted octanol–water partition coefficient (Wildman–Crippen LogP) is 2.90. The van der Waals surface area contributed by atoms with E-state index in [0.29, 0.717) is 5.92 Å². The molecule has 1 aliphatic heterocycles. The molecule has 0 bridgehead atoms. The Balaban J connectivity index is 2.11. The van der Waals surface area contributed by atoms with Gasteiger partial charge in [-0.05, 0) is 42.6 Å². The summed E-state index contributed by atoms with van der Waals surface area (Å²) in [5.74, 6) is 0.627. The van der Waals surface area contributed by atoms with Gasteiger partial charge >= 0.3 is 0 Å². The summed E-state index contributed by atoms with van der Waals surface area (Å²) in [6.07, 6.45) is 3.15. The maximum absolute atomic E-state index is 6.23. The second kappa shape index (κ2) is 3.54. The first kappa shape index (κ1) is 9.25. The lowest BCUT2D eigenvalue weighted by atomic mass is 9.97. The average molecular weight is 221 g/mol. The summed E-state index contributed by atoms with van der Waals surface area (Å²) < 4.78 is 0. The van der Waals surface area contributed by atoms with E-state index in [-0.39, 0.29) is 0 Å². The van der Waals surface area contributed by atoms with Crippen molar-refractivity contribution in [3.05, 3.63) is 35.0 Å². The Hall–Kier alpha value is -0.990. The minimum Gasteiger partial charge on any atom is -0.360 e. The van der Waals surface area contributed by atoms with Crippen LogP contribution in [0.3, 0.4) is 0 Å². The Morgan fingerprint density at radius 3 is 3.07 bits per heavy atom. The van der Waals surface area contributed by atoms with Crippen LogP contribution in [-0.2, 0) is 0 Å². The van der Waals surface area contributed by atoms with E-state index in [0.717, 1.165) is 23.6 Å². The van der Waals surface area contributed by atoms with E-state index in [2.05, 4.69) is 28.5 Å². The first-order valence-corrected chi connectivity index (χ1v) is 5.69. The molecule has 1 aromatic carbocycles. The Kier molecular flexibility index (Phi) is 2.19. The van der Waals surface area contributed by atoms with E-state index in [1.54, 1.807) is 0 Å². The van der Waals surface area contributed by atoms with Crippen molar-refractivity contribution in [1.29, 1.82) is 0 Å². The first-order chi connectivity index (χ1) is 7.34. The third kappa shape index (κ3) is 1.54. The van der Waals surface area contributed by atoms with E-state index in [1.807, 2.05) is 6.20 Å². The van der Waals surface area contributed by atoms with Crippen LogP contribution in [0.4, 0.5) is 0 Å². The molecule has 1 atom stereocenters.